The highest BCUT2D eigenvalue weighted by atomic mass is 16.5. The van der Waals surface area contributed by atoms with Crippen LogP contribution in [0.15, 0.2) is 18.2 Å². The van der Waals surface area contributed by atoms with Crippen molar-refractivity contribution in [1.82, 2.24) is 5.32 Å². The summed E-state index contributed by atoms with van der Waals surface area (Å²) in [5, 5.41) is 3.55. The summed E-state index contributed by atoms with van der Waals surface area (Å²) in [6.45, 7) is 10.5. The van der Waals surface area contributed by atoms with E-state index in [4.69, 9.17) is 4.74 Å². The third-order valence-electron chi connectivity index (χ3n) is 3.09. The fourth-order valence-electron chi connectivity index (χ4n) is 2.09. The smallest absolute Gasteiger partial charge is 0.122 e. The molecule has 0 amide bonds. The van der Waals surface area contributed by atoms with E-state index in [0.717, 1.165) is 18.9 Å². The number of nitrogens with one attached hydrogen (secondary N) is 1. The second-order valence-corrected chi connectivity index (χ2v) is 5.02. The quantitative estimate of drug-likeness (QED) is 0.755. The molecule has 0 radical (unpaired) electrons. The largest absolute Gasteiger partial charge is 0.492 e. The third kappa shape index (κ3) is 5.09. The molecule has 0 aliphatic carbocycles. The van der Waals surface area contributed by atoms with Crippen molar-refractivity contribution < 1.29 is 4.74 Å². The van der Waals surface area contributed by atoms with Crippen molar-refractivity contribution in [1.29, 1.82) is 0 Å². The van der Waals surface area contributed by atoms with E-state index in [0.29, 0.717) is 6.04 Å². The van der Waals surface area contributed by atoms with Gasteiger partial charge < -0.3 is 10.1 Å². The van der Waals surface area contributed by atoms with Crippen LogP contribution in [0.25, 0.3) is 0 Å². The van der Waals surface area contributed by atoms with Crippen molar-refractivity contribution in [2.75, 3.05) is 13.2 Å². The maximum absolute atomic E-state index is 5.94. The van der Waals surface area contributed by atoms with Gasteiger partial charge in [0.15, 0.2) is 0 Å². The zero-order valence-corrected chi connectivity index (χ0v) is 12.3. The minimum Gasteiger partial charge on any atom is -0.492 e. The highest BCUT2D eigenvalue weighted by Crippen LogP contribution is 2.19. The average molecular weight is 249 g/mol. The Morgan fingerprint density at radius 3 is 2.56 bits per heavy atom. The molecule has 2 nitrogen and oxygen atoms in total. The van der Waals surface area contributed by atoms with Crippen LogP contribution < -0.4 is 10.1 Å². The molecule has 0 bridgehead atoms. The average Bonchev–Trinajstić information content (AvgIpc) is 2.34. The molecular weight excluding hydrogens is 222 g/mol. The van der Waals surface area contributed by atoms with E-state index >= 15 is 0 Å². The minimum absolute atomic E-state index is 0.468. The third-order valence-corrected chi connectivity index (χ3v) is 3.09. The van der Waals surface area contributed by atoms with E-state index in [1.165, 1.54) is 30.4 Å². The lowest BCUT2D eigenvalue weighted by molar-refractivity contribution is 0.254. The van der Waals surface area contributed by atoms with Crippen LogP contribution >= 0.6 is 0 Å². The second-order valence-electron chi connectivity index (χ2n) is 5.02. The van der Waals surface area contributed by atoms with Gasteiger partial charge in [0, 0.05) is 6.04 Å². The Labute approximate surface area is 112 Å². The van der Waals surface area contributed by atoms with Crippen molar-refractivity contribution in [3.8, 4) is 5.75 Å². The highest BCUT2D eigenvalue weighted by molar-refractivity contribution is 5.35. The zero-order chi connectivity index (χ0) is 13.4. The van der Waals surface area contributed by atoms with Gasteiger partial charge in [-0.15, -0.1) is 0 Å². The molecule has 0 saturated heterocycles. The van der Waals surface area contributed by atoms with Gasteiger partial charge in [-0.3, -0.25) is 0 Å². The van der Waals surface area contributed by atoms with Crippen molar-refractivity contribution in [3.63, 3.8) is 0 Å². The Balaban J connectivity index is 2.49. The predicted molar refractivity (Wildman–Crippen MR) is 78.4 cm³/mol. The summed E-state index contributed by atoms with van der Waals surface area (Å²) in [4.78, 5) is 0. The molecule has 0 saturated carbocycles. The molecule has 102 valence electrons. The van der Waals surface area contributed by atoms with Crippen molar-refractivity contribution >= 4 is 0 Å². The Kier molecular flexibility index (Phi) is 6.81. The van der Waals surface area contributed by atoms with Crippen LogP contribution in [-0.2, 0) is 0 Å². The van der Waals surface area contributed by atoms with Gasteiger partial charge in [-0.2, -0.15) is 0 Å². The predicted octanol–water partition coefficient (Wildman–Crippen LogP) is 3.85. The summed E-state index contributed by atoms with van der Waals surface area (Å²) in [7, 11) is 0. The Morgan fingerprint density at radius 2 is 1.94 bits per heavy atom. The van der Waals surface area contributed by atoms with Gasteiger partial charge in [0.1, 0.15) is 12.4 Å². The molecule has 1 atom stereocenters. The first kappa shape index (κ1) is 15.0. The van der Waals surface area contributed by atoms with Gasteiger partial charge in [-0.1, -0.05) is 38.0 Å². The molecule has 1 unspecified atom stereocenters. The van der Waals surface area contributed by atoms with Crippen LogP contribution in [0.2, 0.25) is 0 Å². The first-order chi connectivity index (χ1) is 8.67. The fourth-order valence-corrected chi connectivity index (χ4v) is 2.09. The summed E-state index contributed by atoms with van der Waals surface area (Å²) >= 11 is 0. The van der Waals surface area contributed by atoms with Gasteiger partial charge in [0.25, 0.3) is 0 Å². The SMILES string of the molecule is CCCNC(CCC)COc1ccc(C)cc1C. The van der Waals surface area contributed by atoms with Gasteiger partial charge in [-0.25, -0.2) is 0 Å². The number of rotatable bonds is 8. The van der Waals surface area contributed by atoms with Gasteiger partial charge >= 0.3 is 0 Å². The molecule has 18 heavy (non-hydrogen) atoms. The number of aryl methyl sites for hydroxylation is 2. The lowest BCUT2D eigenvalue weighted by atomic mass is 10.1. The maximum atomic E-state index is 5.94. The standard InChI is InChI=1S/C16H27NO/c1-5-7-15(17-10-6-2)12-18-16-9-8-13(3)11-14(16)4/h8-9,11,15,17H,5-7,10,12H2,1-4H3. The number of hydrogen-bond donors (Lipinski definition) is 1. The summed E-state index contributed by atoms with van der Waals surface area (Å²) in [6.07, 6.45) is 3.53. The monoisotopic (exact) mass is 249 g/mol. The molecule has 0 aliphatic rings. The van der Waals surface area contributed by atoms with Crippen LogP contribution in [0, 0.1) is 13.8 Å². The van der Waals surface area contributed by atoms with Crippen molar-refractivity contribution in [2.45, 2.75) is 53.0 Å². The summed E-state index contributed by atoms with van der Waals surface area (Å²) in [5.41, 5.74) is 2.51. The molecule has 1 rings (SSSR count). The molecule has 1 N–H and O–H groups in total. The van der Waals surface area contributed by atoms with E-state index in [1.807, 2.05) is 0 Å². The Morgan fingerprint density at radius 1 is 1.17 bits per heavy atom. The van der Waals surface area contributed by atoms with E-state index in [1.54, 1.807) is 0 Å². The molecule has 0 fully saturated rings. The van der Waals surface area contributed by atoms with Crippen LogP contribution in [0.5, 0.6) is 5.75 Å². The zero-order valence-electron chi connectivity index (χ0n) is 12.3. The highest BCUT2D eigenvalue weighted by Gasteiger charge is 2.08. The minimum atomic E-state index is 0.468. The molecule has 0 spiro atoms. The van der Waals surface area contributed by atoms with Crippen LogP contribution in [0.3, 0.4) is 0 Å². The molecule has 0 aliphatic heterocycles. The first-order valence-electron chi connectivity index (χ1n) is 7.10. The molecule has 1 aromatic carbocycles. The van der Waals surface area contributed by atoms with Gasteiger partial charge in [0.05, 0.1) is 0 Å². The fraction of sp³-hybridized carbons (Fsp3) is 0.625. The van der Waals surface area contributed by atoms with Gasteiger partial charge in [0.2, 0.25) is 0 Å². The molecule has 2 heteroatoms. The van der Waals surface area contributed by atoms with E-state index in [2.05, 4.69) is 51.2 Å². The maximum Gasteiger partial charge on any atom is 0.122 e. The van der Waals surface area contributed by atoms with Crippen LogP contribution in [0.4, 0.5) is 0 Å². The first-order valence-corrected chi connectivity index (χ1v) is 7.10. The van der Waals surface area contributed by atoms with Gasteiger partial charge in [-0.05, 0) is 44.9 Å². The summed E-state index contributed by atoms with van der Waals surface area (Å²) in [6, 6.07) is 6.82. The second kappa shape index (κ2) is 8.15. The summed E-state index contributed by atoms with van der Waals surface area (Å²) in [5.74, 6) is 1.01. The topological polar surface area (TPSA) is 21.3 Å². The van der Waals surface area contributed by atoms with Crippen molar-refractivity contribution in [3.05, 3.63) is 29.3 Å². The van der Waals surface area contributed by atoms with E-state index in [9.17, 15) is 0 Å². The lowest BCUT2D eigenvalue weighted by Crippen LogP contribution is -2.35. The Hall–Kier alpha value is -1.02. The van der Waals surface area contributed by atoms with Crippen molar-refractivity contribution in [2.24, 2.45) is 0 Å². The number of ether oxygens (including phenoxy) is 1. The van der Waals surface area contributed by atoms with Crippen LogP contribution in [-0.4, -0.2) is 19.2 Å². The summed E-state index contributed by atoms with van der Waals surface area (Å²) < 4.78 is 5.94. The molecule has 0 heterocycles. The Bertz CT molecular complexity index is 349. The molecular formula is C16H27NO. The number of benzene rings is 1. The van der Waals surface area contributed by atoms with E-state index in [-0.39, 0.29) is 0 Å². The number of hydrogen-bond acceptors (Lipinski definition) is 2. The van der Waals surface area contributed by atoms with Crippen LogP contribution in [0.1, 0.15) is 44.2 Å². The molecule has 1 aromatic rings. The van der Waals surface area contributed by atoms with E-state index < -0.39 is 0 Å². The lowest BCUT2D eigenvalue weighted by Gasteiger charge is -2.19. The molecule has 0 aromatic heterocycles. The normalized spacial score (nSPS) is 12.4.